The molecule has 11 nitrogen and oxygen atoms in total. The third-order valence-corrected chi connectivity index (χ3v) is 4.14. The molecule has 4 N–H and O–H groups in total. The normalized spacial score (nSPS) is 10.7. The first-order valence-corrected chi connectivity index (χ1v) is 9.84. The first-order valence-electron chi connectivity index (χ1n) is 9.84. The smallest absolute Gasteiger partial charge is 0.342 e. The maximum absolute atomic E-state index is 13.8. The van der Waals surface area contributed by atoms with Crippen molar-refractivity contribution >= 4 is 17.9 Å². The van der Waals surface area contributed by atoms with Crippen LogP contribution in [0.1, 0.15) is 18.1 Å². The van der Waals surface area contributed by atoms with Crippen LogP contribution >= 0.6 is 0 Å². The number of carbonyl (C=O) groups excluding carboxylic acids is 1. The van der Waals surface area contributed by atoms with Crippen molar-refractivity contribution in [3.05, 3.63) is 80.2 Å². The maximum atomic E-state index is 13.8. The van der Waals surface area contributed by atoms with E-state index < -0.39 is 17.2 Å². The van der Waals surface area contributed by atoms with Crippen LogP contribution in [-0.2, 0) is 11.4 Å². The minimum atomic E-state index is -0.755. The number of nitrogens with one attached hydrogen (secondary N) is 4. The zero-order valence-electron chi connectivity index (χ0n) is 17.6. The van der Waals surface area contributed by atoms with Gasteiger partial charge in [0.05, 0.1) is 19.4 Å². The Bertz CT molecular complexity index is 1260. The average Bonchev–Trinajstić information content (AvgIpc) is 2.79. The first-order chi connectivity index (χ1) is 16.0. The van der Waals surface area contributed by atoms with Gasteiger partial charge in [0.15, 0.2) is 11.5 Å². The molecule has 0 atom stereocenters. The lowest BCUT2D eigenvalue weighted by Gasteiger charge is -2.13. The lowest BCUT2D eigenvalue weighted by atomic mass is 10.2. The van der Waals surface area contributed by atoms with Crippen molar-refractivity contribution in [1.82, 2.24) is 20.6 Å². The molecule has 0 saturated heterocycles. The number of aromatic amines is 2. The Morgan fingerprint density at radius 1 is 1.18 bits per heavy atom. The number of benzene rings is 2. The summed E-state index contributed by atoms with van der Waals surface area (Å²) in [6.07, 6.45) is 1.39. The van der Waals surface area contributed by atoms with Gasteiger partial charge in [-0.1, -0.05) is 18.2 Å². The van der Waals surface area contributed by atoms with E-state index in [1.165, 1.54) is 12.3 Å². The number of anilines is 1. The Labute approximate surface area is 186 Å². The van der Waals surface area contributed by atoms with Crippen molar-refractivity contribution in [2.45, 2.75) is 13.5 Å². The molecule has 12 heteroatoms. The van der Waals surface area contributed by atoms with E-state index in [9.17, 15) is 18.8 Å². The van der Waals surface area contributed by atoms with E-state index in [0.717, 1.165) is 0 Å². The second kappa shape index (κ2) is 11.2. The minimum Gasteiger partial charge on any atom is -0.490 e. The van der Waals surface area contributed by atoms with Gasteiger partial charge in [0, 0.05) is 5.56 Å². The predicted molar refractivity (Wildman–Crippen MR) is 118 cm³/mol. The van der Waals surface area contributed by atoms with Gasteiger partial charge >= 0.3 is 5.69 Å². The molecule has 0 saturated carbocycles. The molecule has 1 amide bonds. The fourth-order valence-corrected chi connectivity index (χ4v) is 2.61. The standard InChI is InChI=1S/C21H21FN6O5/c1-2-32-17-9-13(7-8-16(17)33-12-14-5-3-4-6-15(14)22)10-24-26-18(29)11-23-19-20(30)25-21(31)28-27-19/h3-10H,2,11-12H2,1H3,(H,23,27)(H,26,29)(H2,25,28,30,31)/b24-10+. The van der Waals surface area contributed by atoms with Crippen LogP contribution in [0.2, 0.25) is 0 Å². The molecule has 0 fully saturated rings. The number of nitrogens with zero attached hydrogens (tertiary/aromatic N) is 2. The topological polar surface area (TPSA) is 151 Å². The Morgan fingerprint density at radius 3 is 2.76 bits per heavy atom. The van der Waals surface area contributed by atoms with E-state index in [0.29, 0.717) is 29.2 Å². The Kier molecular flexibility index (Phi) is 7.89. The van der Waals surface area contributed by atoms with Crippen LogP contribution < -0.4 is 31.5 Å². The van der Waals surface area contributed by atoms with E-state index in [2.05, 4.69) is 20.9 Å². The number of hydrogen-bond acceptors (Lipinski definition) is 8. The van der Waals surface area contributed by atoms with Crippen molar-refractivity contribution in [2.24, 2.45) is 5.10 Å². The average molecular weight is 456 g/mol. The molecule has 0 aliphatic carbocycles. The van der Waals surface area contributed by atoms with E-state index in [-0.39, 0.29) is 24.8 Å². The van der Waals surface area contributed by atoms with Gasteiger partial charge in [-0.25, -0.2) is 19.7 Å². The number of rotatable bonds is 10. The number of amides is 1. The van der Waals surface area contributed by atoms with Crippen LogP contribution in [0.4, 0.5) is 10.2 Å². The first kappa shape index (κ1) is 23.2. The van der Waals surface area contributed by atoms with Gasteiger partial charge < -0.3 is 14.8 Å². The second-order valence-corrected chi connectivity index (χ2v) is 6.52. The summed E-state index contributed by atoms with van der Waals surface area (Å²) >= 11 is 0. The number of hydrazone groups is 1. The summed E-state index contributed by atoms with van der Waals surface area (Å²) in [6, 6.07) is 11.3. The van der Waals surface area contributed by atoms with Crippen molar-refractivity contribution in [3.8, 4) is 11.5 Å². The molecule has 0 unspecified atom stereocenters. The summed E-state index contributed by atoms with van der Waals surface area (Å²) in [6.45, 7) is 1.94. The fourth-order valence-electron chi connectivity index (χ4n) is 2.61. The largest absolute Gasteiger partial charge is 0.490 e. The van der Waals surface area contributed by atoms with Gasteiger partial charge in [-0.05, 0) is 36.8 Å². The van der Waals surface area contributed by atoms with Crippen LogP contribution in [0.25, 0.3) is 0 Å². The summed E-state index contributed by atoms with van der Waals surface area (Å²) in [7, 11) is 0. The fraction of sp³-hybridized carbons (Fsp3) is 0.190. The lowest BCUT2D eigenvalue weighted by Crippen LogP contribution is -2.31. The van der Waals surface area contributed by atoms with Crippen LogP contribution in [0, 0.1) is 5.82 Å². The molecular formula is C21H21FN6O5. The second-order valence-electron chi connectivity index (χ2n) is 6.52. The molecule has 2 aromatic carbocycles. The molecule has 0 bridgehead atoms. The molecule has 0 spiro atoms. The highest BCUT2D eigenvalue weighted by Crippen LogP contribution is 2.29. The van der Waals surface area contributed by atoms with Crippen molar-refractivity contribution in [3.63, 3.8) is 0 Å². The van der Waals surface area contributed by atoms with Crippen LogP contribution in [0.15, 0.2) is 57.2 Å². The van der Waals surface area contributed by atoms with Crippen LogP contribution in [0.5, 0.6) is 11.5 Å². The van der Waals surface area contributed by atoms with Crippen molar-refractivity contribution in [1.29, 1.82) is 0 Å². The highest BCUT2D eigenvalue weighted by atomic mass is 19.1. The quantitative estimate of drug-likeness (QED) is 0.264. The minimum absolute atomic E-state index is 0.0379. The van der Waals surface area contributed by atoms with Gasteiger partial charge in [0.25, 0.3) is 11.5 Å². The van der Waals surface area contributed by atoms with E-state index in [1.807, 2.05) is 17.0 Å². The molecule has 3 aromatic rings. The number of aromatic nitrogens is 3. The molecule has 1 aromatic heterocycles. The van der Waals surface area contributed by atoms with E-state index in [4.69, 9.17) is 9.47 Å². The molecule has 0 aliphatic rings. The van der Waals surface area contributed by atoms with Gasteiger partial charge in [-0.15, -0.1) is 5.10 Å². The molecular weight excluding hydrogens is 435 g/mol. The maximum Gasteiger partial charge on any atom is 0.342 e. The molecule has 0 aliphatic heterocycles. The Hall–Kier alpha value is -4.48. The Morgan fingerprint density at radius 2 is 2.00 bits per heavy atom. The zero-order valence-corrected chi connectivity index (χ0v) is 17.6. The monoisotopic (exact) mass is 456 g/mol. The molecule has 33 heavy (non-hydrogen) atoms. The molecule has 172 valence electrons. The third kappa shape index (κ3) is 6.75. The molecule has 1 heterocycles. The van der Waals surface area contributed by atoms with Crippen molar-refractivity contribution in [2.75, 3.05) is 18.5 Å². The van der Waals surface area contributed by atoms with Gasteiger partial charge in [0.1, 0.15) is 12.4 Å². The zero-order chi connectivity index (χ0) is 23.6. The van der Waals surface area contributed by atoms with E-state index in [1.54, 1.807) is 36.4 Å². The number of ether oxygens (including phenoxy) is 2. The lowest BCUT2D eigenvalue weighted by molar-refractivity contribution is -0.119. The highest BCUT2D eigenvalue weighted by Gasteiger charge is 2.09. The number of hydrogen-bond donors (Lipinski definition) is 4. The summed E-state index contributed by atoms with van der Waals surface area (Å²) in [5, 5.41) is 11.9. The van der Waals surface area contributed by atoms with Crippen molar-refractivity contribution < 1.29 is 18.7 Å². The van der Waals surface area contributed by atoms with Gasteiger partial charge in [-0.3, -0.25) is 14.6 Å². The predicted octanol–water partition coefficient (Wildman–Crippen LogP) is 1.14. The third-order valence-electron chi connectivity index (χ3n) is 4.14. The van der Waals surface area contributed by atoms with Crippen LogP contribution in [-0.4, -0.2) is 40.5 Å². The number of halogens is 1. The summed E-state index contributed by atoms with van der Waals surface area (Å²) < 4.78 is 25.1. The summed E-state index contributed by atoms with van der Waals surface area (Å²) in [5.74, 6) is -0.238. The number of H-pyrrole nitrogens is 2. The summed E-state index contributed by atoms with van der Waals surface area (Å²) in [5.41, 5.74) is 1.82. The molecule has 0 radical (unpaired) electrons. The summed E-state index contributed by atoms with van der Waals surface area (Å²) in [4.78, 5) is 36.3. The highest BCUT2D eigenvalue weighted by molar-refractivity contribution is 5.84. The molecule has 3 rings (SSSR count). The van der Waals surface area contributed by atoms with E-state index >= 15 is 0 Å². The van der Waals surface area contributed by atoms with Crippen LogP contribution in [0.3, 0.4) is 0 Å². The Balaban J connectivity index is 1.57. The van der Waals surface area contributed by atoms with Gasteiger partial charge in [0.2, 0.25) is 5.82 Å². The van der Waals surface area contributed by atoms with Gasteiger partial charge in [-0.2, -0.15) is 5.10 Å². The number of carbonyl (C=O) groups is 1. The SMILES string of the molecule is CCOc1cc(/C=N/NC(=O)CNc2n[nH]c(=O)[nH]c2=O)ccc1OCc1ccccc1F.